The van der Waals surface area contributed by atoms with E-state index in [4.69, 9.17) is 4.74 Å². The van der Waals surface area contributed by atoms with Crippen LogP contribution < -0.4 is 10.1 Å². The second-order valence-corrected chi connectivity index (χ2v) is 6.45. The first-order valence-electron chi connectivity index (χ1n) is 7.69. The molecule has 20 heavy (non-hydrogen) atoms. The Hall–Kier alpha value is -1.51. The predicted octanol–water partition coefficient (Wildman–Crippen LogP) is 3.39. The van der Waals surface area contributed by atoms with Crippen LogP contribution in [0.15, 0.2) is 24.3 Å². The standard InChI is InChI=1S/C17H23NO2/c1-11(2)20-15-7-5-13(6-8-15)17(19)18-16-10-12-3-4-14(16)9-12/h5-8,11-12,14,16H,3-4,9-10H2,1-2H3,(H,18,19)/t12-,14-,16+/m1/s1. The van der Waals surface area contributed by atoms with E-state index in [9.17, 15) is 4.79 Å². The monoisotopic (exact) mass is 273 g/mol. The Morgan fingerprint density at radius 3 is 2.50 bits per heavy atom. The van der Waals surface area contributed by atoms with E-state index in [1.54, 1.807) is 0 Å². The van der Waals surface area contributed by atoms with Crippen molar-refractivity contribution < 1.29 is 9.53 Å². The van der Waals surface area contributed by atoms with E-state index in [2.05, 4.69) is 5.32 Å². The molecule has 3 rings (SSSR count). The molecule has 3 heteroatoms. The summed E-state index contributed by atoms with van der Waals surface area (Å²) in [6.07, 6.45) is 5.29. The summed E-state index contributed by atoms with van der Waals surface area (Å²) in [5.41, 5.74) is 0.726. The van der Waals surface area contributed by atoms with E-state index in [0.29, 0.717) is 12.0 Å². The summed E-state index contributed by atoms with van der Waals surface area (Å²) in [7, 11) is 0. The summed E-state index contributed by atoms with van der Waals surface area (Å²) in [5, 5.41) is 3.21. The summed E-state index contributed by atoms with van der Waals surface area (Å²) in [6.45, 7) is 3.99. The molecule has 3 atom stereocenters. The van der Waals surface area contributed by atoms with Gasteiger partial charge in [-0.25, -0.2) is 0 Å². The first-order valence-corrected chi connectivity index (χ1v) is 7.69. The molecule has 1 amide bonds. The van der Waals surface area contributed by atoms with Gasteiger partial charge in [0.1, 0.15) is 5.75 Å². The number of benzene rings is 1. The van der Waals surface area contributed by atoms with Gasteiger partial charge in [-0.1, -0.05) is 6.42 Å². The molecule has 0 aromatic heterocycles. The first-order chi connectivity index (χ1) is 9.61. The molecule has 2 aliphatic rings. The van der Waals surface area contributed by atoms with Gasteiger partial charge in [-0.2, -0.15) is 0 Å². The third-order valence-electron chi connectivity index (χ3n) is 4.54. The van der Waals surface area contributed by atoms with Crippen LogP contribution in [0.25, 0.3) is 0 Å². The molecule has 0 heterocycles. The molecule has 2 bridgehead atoms. The molecule has 1 aromatic carbocycles. The van der Waals surface area contributed by atoms with Crippen molar-refractivity contribution in [3.8, 4) is 5.75 Å². The van der Waals surface area contributed by atoms with Crippen molar-refractivity contribution >= 4 is 5.91 Å². The second kappa shape index (κ2) is 5.47. The topological polar surface area (TPSA) is 38.3 Å². The molecule has 0 radical (unpaired) electrons. The minimum atomic E-state index is 0.0543. The quantitative estimate of drug-likeness (QED) is 0.913. The molecule has 0 spiro atoms. The molecule has 1 N–H and O–H groups in total. The van der Waals surface area contributed by atoms with Gasteiger partial charge in [0.25, 0.3) is 5.91 Å². The average Bonchev–Trinajstić information content (AvgIpc) is 3.01. The summed E-state index contributed by atoms with van der Waals surface area (Å²) >= 11 is 0. The molecular weight excluding hydrogens is 250 g/mol. The molecule has 0 saturated heterocycles. The maximum Gasteiger partial charge on any atom is 0.251 e. The molecule has 1 aromatic rings. The van der Waals surface area contributed by atoms with E-state index in [-0.39, 0.29) is 12.0 Å². The van der Waals surface area contributed by atoms with E-state index in [0.717, 1.165) is 17.2 Å². The van der Waals surface area contributed by atoms with Gasteiger partial charge in [0.2, 0.25) is 0 Å². The largest absolute Gasteiger partial charge is 0.491 e. The number of amides is 1. The highest BCUT2D eigenvalue weighted by Crippen LogP contribution is 2.44. The fraction of sp³-hybridized carbons (Fsp3) is 0.588. The minimum absolute atomic E-state index is 0.0543. The first kappa shape index (κ1) is 13.5. The van der Waals surface area contributed by atoms with Crippen molar-refractivity contribution in [3.63, 3.8) is 0 Å². The SMILES string of the molecule is CC(C)Oc1ccc(C(=O)N[C@H]2C[C@@H]3CC[C@@H]2C3)cc1. The highest BCUT2D eigenvalue weighted by molar-refractivity contribution is 5.94. The number of fused-ring (bicyclic) bond motifs is 2. The Bertz CT molecular complexity index is 480. The number of carbonyl (C=O) groups excluding carboxylic acids is 1. The zero-order valence-electron chi connectivity index (χ0n) is 12.3. The van der Waals surface area contributed by atoms with E-state index < -0.39 is 0 Å². The smallest absolute Gasteiger partial charge is 0.251 e. The molecule has 2 saturated carbocycles. The normalized spacial score (nSPS) is 27.9. The van der Waals surface area contributed by atoms with Crippen LogP contribution in [0.2, 0.25) is 0 Å². The maximum atomic E-state index is 12.3. The third-order valence-corrected chi connectivity index (χ3v) is 4.54. The zero-order chi connectivity index (χ0) is 14.1. The summed E-state index contributed by atoms with van der Waals surface area (Å²) in [6, 6.07) is 7.83. The van der Waals surface area contributed by atoms with Gasteiger partial charge in [-0.3, -0.25) is 4.79 Å². The minimum Gasteiger partial charge on any atom is -0.491 e. The van der Waals surface area contributed by atoms with Gasteiger partial charge in [-0.15, -0.1) is 0 Å². The van der Waals surface area contributed by atoms with Crippen LogP contribution in [0.3, 0.4) is 0 Å². The number of ether oxygens (including phenoxy) is 1. The van der Waals surface area contributed by atoms with Gasteiger partial charge in [-0.05, 0) is 69.2 Å². The van der Waals surface area contributed by atoms with Gasteiger partial charge >= 0.3 is 0 Å². The van der Waals surface area contributed by atoms with Gasteiger partial charge in [0.15, 0.2) is 0 Å². The number of nitrogens with one attached hydrogen (secondary N) is 1. The fourth-order valence-electron chi connectivity index (χ4n) is 3.63. The number of carbonyl (C=O) groups is 1. The van der Waals surface area contributed by atoms with Crippen molar-refractivity contribution in [1.82, 2.24) is 5.32 Å². The predicted molar refractivity (Wildman–Crippen MR) is 78.9 cm³/mol. The Morgan fingerprint density at radius 2 is 1.95 bits per heavy atom. The van der Waals surface area contributed by atoms with Crippen molar-refractivity contribution in [2.24, 2.45) is 11.8 Å². The van der Waals surface area contributed by atoms with Crippen LogP contribution in [0.1, 0.15) is 49.9 Å². The summed E-state index contributed by atoms with van der Waals surface area (Å²) in [4.78, 5) is 12.3. The molecule has 2 aliphatic carbocycles. The van der Waals surface area contributed by atoms with Crippen LogP contribution in [0, 0.1) is 11.8 Å². The van der Waals surface area contributed by atoms with E-state index >= 15 is 0 Å². The van der Waals surface area contributed by atoms with Crippen LogP contribution in [0.5, 0.6) is 5.75 Å². The highest BCUT2D eigenvalue weighted by Gasteiger charge is 2.40. The van der Waals surface area contributed by atoms with Gasteiger partial charge < -0.3 is 10.1 Å². The second-order valence-electron chi connectivity index (χ2n) is 6.45. The van der Waals surface area contributed by atoms with Crippen LogP contribution in [-0.2, 0) is 0 Å². The Kier molecular flexibility index (Phi) is 3.68. The Labute approximate surface area is 120 Å². The average molecular weight is 273 g/mol. The summed E-state index contributed by atoms with van der Waals surface area (Å²) < 4.78 is 5.59. The lowest BCUT2D eigenvalue weighted by molar-refractivity contribution is 0.0923. The third kappa shape index (κ3) is 2.82. The van der Waals surface area contributed by atoms with Crippen molar-refractivity contribution in [3.05, 3.63) is 29.8 Å². The van der Waals surface area contributed by atoms with Gasteiger partial charge in [0.05, 0.1) is 6.10 Å². The number of rotatable bonds is 4. The number of hydrogen-bond acceptors (Lipinski definition) is 2. The number of hydrogen-bond donors (Lipinski definition) is 1. The molecule has 2 fully saturated rings. The molecule has 0 unspecified atom stereocenters. The van der Waals surface area contributed by atoms with Crippen LogP contribution in [0.4, 0.5) is 0 Å². The zero-order valence-corrected chi connectivity index (χ0v) is 12.3. The van der Waals surface area contributed by atoms with Crippen molar-refractivity contribution in [1.29, 1.82) is 0 Å². The van der Waals surface area contributed by atoms with Crippen molar-refractivity contribution in [2.45, 2.75) is 51.7 Å². The molecule has 0 aliphatic heterocycles. The van der Waals surface area contributed by atoms with Gasteiger partial charge in [0, 0.05) is 11.6 Å². The highest BCUT2D eigenvalue weighted by atomic mass is 16.5. The summed E-state index contributed by atoms with van der Waals surface area (Å²) in [5.74, 6) is 2.44. The lowest BCUT2D eigenvalue weighted by atomic mass is 9.95. The van der Waals surface area contributed by atoms with Crippen molar-refractivity contribution in [2.75, 3.05) is 0 Å². The maximum absolute atomic E-state index is 12.3. The Morgan fingerprint density at radius 1 is 1.20 bits per heavy atom. The fourth-order valence-corrected chi connectivity index (χ4v) is 3.63. The van der Waals surface area contributed by atoms with Crippen LogP contribution in [-0.4, -0.2) is 18.1 Å². The molecule has 108 valence electrons. The lowest BCUT2D eigenvalue weighted by Crippen LogP contribution is -2.38. The van der Waals surface area contributed by atoms with E-state index in [1.807, 2.05) is 38.1 Å². The molecular formula is C17H23NO2. The molecule has 3 nitrogen and oxygen atoms in total. The van der Waals surface area contributed by atoms with E-state index in [1.165, 1.54) is 25.7 Å². The Balaban J connectivity index is 1.59. The van der Waals surface area contributed by atoms with Crippen LogP contribution >= 0.6 is 0 Å². The lowest BCUT2D eigenvalue weighted by Gasteiger charge is -2.22.